The van der Waals surface area contributed by atoms with E-state index in [1.807, 2.05) is 13.1 Å². The molecule has 1 saturated carbocycles. The van der Waals surface area contributed by atoms with Gasteiger partial charge in [0.1, 0.15) is 5.92 Å². The van der Waals surface area contributed by atoms with E-state index in [9.17, 15) is 15.8 Å². The van der Waals surface area contributed by atoms with Crippen LogP contribution in [0.25, 0.3) is 0 Å². The molecule has 2 heterocycles. The van der Waals surface area contributed by atoms with Gasteiger partial charge in [-0.3, -0.25) is 0 Å². The lowest BCUT2D eigenvalue weighted by Gasteiger charge is -2.45. The number of furan rings is 1. The topological polar surface area (TPSA) is 113 Å². The van der Waals surface area contributed by atoms with Crippen LogP contribution in [0.5, 0.6) is 0 Å². The maximum absolute atomic E-state index is 9.77. The van der Waals surface area contributed by atoms with Crippen LogP contribution in [0.2, 0.25) is 0 Å². The highest BCUT2D eigenvalue weighted by atomic mass is 16.3. The van der Waals surface area contributed by atoms with Crippen LogP contribution in [0.1, 0.15) is 11.5 Å². The summed E-state index contributed by atoms with van der Waals surface area (Å²) < 4.78 is 5.16. The summed E-state index contributed by atoms with van der Waals surface area (Å²) in [5.74, 6) is -1.41. The van der Waals surface area contributed by atoms with Gasteiger partial charge in [0.15, 0.2) is 5.41 Å². The molecule has 6 heteroatoms. The van der Waals surface area contributed by atoms with Crippen molar-refractivity contribution in [2.75, 3.05) is 20.1 Å². The molecule has 1 aromatic rings. The quantitative estimate of drug-likeness (QED) is 0.741. The van der Waals surface area contributed by atoms with E-state index < -0.39 is 17.3 Å². The van der Waals surface area contributed by atoms with Gasteiger partial charge in [0.2, 0.25) is 0 Å². The Bertz CT molecular complexity index is 772. The molecular formula is C17H16N5O+. The van der Waals surface area contributed by atoms with Crippen LogP contribution in [-0.2, 0) is 0 Å². The van der Waals surface area contributed by atoms with E-state index in [1.54, 1.807) is 6.07 Å². The van der Waals surface area contributed by atoms with Crippen molar-refractivity contribution >= 4 is 5.71 Å². The van der Waals surface area contributed by atoms with Gasteiger partial charge < -0.3 is 14.7 Å². The molecule has 0 spiro atoms. The number of hydrogen-bond acceptors (Lipinski definition) is 5. The van der Waals surface area contributed by atoms with Crippen molar-refractivity contribution in [2.45, 2.75) is 5.92 Å². The van der Waals surface area contributed by atoms with Crippen LogP contribution in [0, 0.1) is 56.7 Å². The summed E-state index contributed by atoms with van der Waals surface area (Å²) in [5, 5.41) is 37.5. The van der Waals surface area contributed by atoms with Gasteiger partial charge in [-0.15, -0.1) is 0 Å². The summed E-state index contributed by atoms with van der Waals surface area (Å²) in [6, 6.07) is 7.98. The SMILES string of the molecule is C[NH+]1CC=C2C(C#N)C(=N)C(C#N)(C#N)[C@@H](c3ccoc3)[C@H]2C1. The van der Waals surface area contributed by atoms with Crippen LogP contribution in [0.3, 0.4) is 0 Å². The molecule has 1 aliphatic carbocycles. The van der Waals surface area contributed by atoms with Crippen molar-refractivity contribution in [3.8, 4) is 18.2 Å². The van der Waals surface area contributed by atoms with Gasteiger partial charge in [0, 0.05) is 11.8 Å². The van der Waals surface area contributed by atoms with Crippen molar-refractivity contribution in [2.24, 2.45) is 17.3 Å². The third-order valence-corrected chi connectivity index (χ3v) is 4.98. The number of hydrogen-bond donors (Lipinski definition) is 2. The number of nitrogens with zero attached hydrogens (tertiary/aromatic N) is 3. The van der Waals surface area contributed by atoms with Crippen LogP contribution in [0.15, 0.2) is 34.7 Å². The van der Waals surface area contributed by atoms with Crippen molar-refractivity contribution in [3.05, 3.63) is 35.8 Å². The molecule has 2 unspecified atom stereocenters. The Hall–Kier alpha value is -2.88. The van der Waals surface area contributed by atoms with Crippen molar-refractivity contribution < 1.29 is 9.32 Å². The van der Waals surface area contributed by atoms with Gasteiger partial charge in [0.25, 0.3) is 0 Å². The average Bonchev–Trinajstić information content (AvgIpc) is 3.08. The van der Waals surface area contributed by atoms with Crippen molar-refractivity contribution in [1.82, 2.24) is 0 Å². The summed E-state index contributed by atoms with van der Waals surface area (Å²) in [5.41, 5.74) is -0.141. The second-order valence-corrected chi connectivity index (χ2v) is 6.22. The first-order chi connectivity index (χ1) is 11.1. The fourth-order valence-electron chi connectivity index (χ4n) is 3.88. The van der Waals surface area contributed by atoms with E-state index in [4.69, 9.17) is 9.83 Å². The molecule has 23 heavy (non-hydrogen) atoms. The minimum atomic E-state index is -1.64. The number of nitriles is 3. The molecule has 1 fully saturated rings. The molecule has 1 aliphatic heterocycles. The molecule has 3 rings (SSSR count). The minimum Gasteiger partial charge on any atom is -0.472 e. The second-order valence-electron chi connectivity index (χ2n) is 6.22. The molecule has 0 amide bonds. The molecule has 0 saturated heterocycles. The Labute approximate surface area is 134 Å². The summed E-state index contributed by atoms with van der Waals surface area (Å²) in [6.45, 7) is 1.50. The average molecular weight is 306 g/mol. The van der Waals surface area contributed by atoms with E-state index in [0.29, 0.717) is 0 Å². The first kappa shape index (κ1) is 15.0. The third-order valence-electron chi connectivity index (χ3n) is 4.98. The molecule has 2 N–H and O–H groups in total. The molecule has 1 aromatic heterocycles. The van der Waals surface area contributed by atoms with Crippen molar-refractivity contribution in [1.29, 1.82) is 21.2 Å². The van der Waals surface area contributed by atoms with E-state index in [-0.39, 0.29) is 11.6 Å². The Morgan fingerprint density at radius 2 is 2.09 bits per heavy atom. The van der Waals surface area contributed by atoms with E-state index >= 15 is 0 Å². The summed E-state index contributed by atoms with van der Waals surface area (Å²) in [6.07, 6.45) is 5.05. The van der Waals surface area contributed by atoms with Crippen LogP contribution < -0.4 is 4.90 Å². The van der Waals surface area contributed by atoms with Gasteiger partial charge in [-0.1, -0.05) is 0 Å². The lowest BCUT2D eigenvalue weighted by atomic mass is 9.54. The molecular weight excluding hydrogens is 290 g/mol. The maximum atomic E-state index is 9.77. The lowest BCUT2D eigenvalue weighted by Crippen LogP contribution is -3.10. The first-order valence-corrected chi connectivity index (χ1v) is 7.43. The number of rotatable bonds is 1. The number of fused-ring (bicyclic) bond motifs is 1. The molecule has 0 radical (unpaired) electrons. The molecule has 114 valence electrons. The maximum Gasteiger partial charge on any atom is 0.190 e. The second kappa shape index (κ2) is 5.39. The predicted octanol–water partition coefficient (Wildman–Crippen LogP) is 0.641. The highest BCUT2D eigenvalue weighted by molar-refractivity contribution is 6.00. The Morgan fingerprint density at radius 3 is 2.65 bits per heavy atom. The third kappa shape index (κ3) is 1.99. The number of quaternary nitrogens is 1. The largest absolute Gasteiger partial charge is 0.472 e. The highest BCUT2D eigenvalue weighted by Gasteiger charge is 2.58. The standard InChI is InChI=1S/C17H15N5O/c1-22-4-2-12-13(6-18)16(21)17(9-19,10-20)15(14(12)7-22)11-3-5-23-8-11/h2-3,5,8,13-15,21H,4,7H2,1H3/p+1/t13?,14-,15-/m0/s1. The fraction of sp³-hybridized carbons (Fsp3) is 0.412. The molecule has 6 nitrogen and oxygen atoms in total. The normalized spacial score (nSPS) is 31.9. The number of nitrogens with one attached hydrogen (secondary N) is 2. The summed E-state index contributed by atoms with van der Waals surface area (Å²) >= 11 is 0. The van der Waals surface area contributed by atoms with Crippen LogP contribution in [-0.4, -0.2) is 25.8 Å². The lowest BCUT2D eigenvalue weighted by molar-refractivity contribution is -0.878. The van der Waals surface area contributed by atoms with Gasteiger partial charge in [-0.05, 0) is 23.3 Å². The predicted molar refractivity (Wildman–Crippen MR) is 80.1 cm³/mol. The molecule has 2 aliphatic rings. The Kier molecular flexibility index (Phi) is 3.52. The van der Waals surface area contributed by atoms with Gasteiger partial charge in [0.05, 0.1) is 56.6 Å². The Morgan fingerprint density at radius 1 is 1.35 bits per heavy atom. The van der Waals surface area contributed by atoms with E-state index in [0.717, 1.165) is 24.2 Å². The summed E-state index contributed by atoms with van der Waals surface area (Å²) in [4.78, 5) is 1.25. The van der Waals surface area contributed by atoms with E-state index in [2.05, 4.69) is 18.2 Å². The smallest absolute Gasteiger partial charge is 0.190 e. The first-order valence-electron chi connectivity index (χ1n) is 7.43. The van der Waals surface area contributed by atoms with Crippen molar-refractivity contribution in [3.63, 3.8) is 0 Å². The molecule has 0 bridgehead atoms. The zero-order valence-corrected chi connectivity index (χ0v) is 12.7. The van der Waals surface area contributed by atoms with Gasteiger partial charge in [-0.25, -0.2) is 0 Å². The highest BCUT2D eigenvalue weighted by Crippen LogP contribution is 2.52. The van der Waals surface area contributed by atoms with Gasteiger partial charge in [-0.2, -0.15) is 15.8 Å². The zero-order chi connectivity index (χ0) is 16.6. The minimum absolute atomic E-state index is 0.113. The number of likely N-dealkylation sites (N-methyl/N-ethyl adjacent to an activating group) is 1. The zero-order valence-electron chi connectivity index (χ0n) is 12.7. The van der Waals surface area contributed by atoms with Crippen LogP contribution in [0.4, 0.5) is 0 Å². The monoisotopic (exact) mass is 306 g/mol. The Balaban J connectivity index is 2.25. The molecule has 4 atom stereocenters. The molecule has 0 aromatic carbocycles. The van der Waals surface area contributed by atoms with Crippen LogP contribution >= 0.6 is 0 Å². The van der Waals surface area contributed by atoms with Gasteiger partial charge >= 0.3 is 0 Å². The van der Waals surface area contributed by atoms with E-state index in [1.165, 1.54) is 17.4 Å². The summed E-state index contributed by atoms with van der Waals surface area (Å²) in [7, 11) is 2.04. The fourth-order valence-corrected chi connectivity index (χ4v) is 3.88.